The van der Waals surface area contributed by atoms with E-state index in [0.717, 1.165) is 22.4 Å². The minimum absolute atomic E-state index is 0.155. The Bertz CT molecular complexity index is 906. The van der Waals surface area contributed by atoms with Crippen molar-refractivity contribution >= 4 is 46.2 Å². The fourth-order valence-electron chi connectivity index (χ4n) is 2.33. The predicted molar refractivity (Wildman–Crippen MR) is 105 cm³/mol. The van der Waals surface area contributed by atoms with Crippen molar-refractivity contribution in [1.82, 2.24) is 5.32 Å². The maximum atomic E-state index is 12.2. The molecule has 1 saturated heterocycles. The van der Waals surface area contributed by atoms with E-state index >= 15 is 0 Å². The van der Waals surface area contributed by atoms with Gasteiger partial charge in [-0.1, -0.05) is 23.7 Å². The quantitative estimate of drug-likeness (QED) is 0.783. The zero-order valence-corrected chi connectivity index (χ0v) is 15.7. The fourth-order valence-corrected chi connectivity index (χ4v) is 3.33. The van der Waals surface area contributed by atoms with Crippen molar-refractivity contribution in [3.8, 4) is 5.75 Å². The molecule has 0 aromatic heterocycles. The van der Waals surface area contributed by atoms with Crippen LogP contribution in [0.15, 0.2) is 46.3 Å². The molecule has 128 valence electrons. The number of ether oxygens (including phenoxy) is 1. The van der Waals surface area contributed by atoms with Crippen molar-refractivity contribution in [3.05, 3.63) is 63.0 Å². The molecule has 1 heterocycles. The van der Waals surface area contributed by atoms with Gasteiger partial charge in [-0.3, -0.25) is 4.79 Å². The summed E-state index contributed by atoms with van der Waals surface area (Å²) < 4.78 is 5.21. The first kappa shape index (κ1) is 17.6. The zero-order chi connectivity index (χ0) is 18.0. The van der Waals surface area contributed by atoms with Gasteiger partial charge in [-0.25, -0.2) is 4.99 Å². The Balaban J connectivity index is 1.84. The van der Waals surface area contributed by atoms with Gasteiger partial charge in [0.1, 0.15) is 5.75 Å². The minimum atomic E-state index is -0.155. The van der Waals surface area contributed by atoms with Crippen molar-refractivity contribution in [2.24, 2.45) is 4.99 Å². The number of carbonyl (C=O) groups is 1. The first-order chi connectivity index (χ1) is 12.0. The Kier molecular flexibility index (Phi) is 5.16. The van der Waals surface area contributed by atoms with Crippen LogP contribution >= 0.6 is 23.4 Å². The number of halogens is 1. The summed E-state index contributed by atoms with van der Waals surface area (Å²) in [5.74, 6) is 0.638. The summed E-state index contributed by atoms with van der Waals surface area (Å²) in [7, 11) is 1.63. The van der Waals surface area contributed by atoms with Gasteiger partial charge < -0.3 is 10.1 Å². The third-order valence-corrected chi connectivity index (χ3v) is 5.12. The van der Waals surface area contributed by atoms with Crippen LogP contribution < -0.4 is 10.1 Å². The van der Waals surface area contributed by atoms with Crippen molar-refractivity contribution in [1.29, 1.82) is 0 Å². The van der Waals surface area contributed by atoms with E-state index < -0.39 is 0 Å². The summed E-state index contributed by atoms with van der Waals surface area (Å²) in [5.41, 5.74) is 3.71. The largest absolute Gasteiger partial charge is 0.497 e. The van der Waals surface area contributed by atoms with Gasteiger partial charge in [-0.05, 0) is 72.6 Å². The number of aliphatic imine (C=N–C) groups is 1. The molecule has 2 aromatic carbocycles. The number of benzene rings is 2. The van der Waals surface area contributed by atoms with Crippen molar-refractivity contribution in [2.45, 2.75) is 13.8 Å². The minimum Gasteiger partial charge on any atom is -0.497 e. The van der Waals surface area contributed by atoms with E-state index in [4.69, 9.17) is 16.3 Å². The van der Waals surface area contributed by atoms with Gasteiger partial charge in [0.05, 0.1) is 17.7 Å². The van der Waals surface area contributed by atoms with Crippen LogP contribution in [0.4, 0.5) is 5.69 Å². The summed E-state index contributed by atoms with van der Waals surface area (Å²) in [6.07, 6.45) is 1.86. The number of nitrogens with zero attached hydrogens (tertiary/aromatic N) is 1. The third kappa shape index (κ3) is 4.06. The topological polar surface area (TPSA) is 50.7 Å². The predicted octanol–water partition coefficient (Wildman–Crippen LogP) is 4.86. The molecule has 0 spiro atoms. The van der Waals surface area contributed by atoms with Crippen molar-refractivity contribution in [2.75, 3.05) is 7.11 Å². The molecule has 3 rings (SSSR count). The maximum Gasteiger partial charge on any atom is 0.264 e. The summed E-state index contributed by atoms with van der Waals surface area (Å²) in [4.78, 5) is 17.3. The van der Waals surface area contributed by atoms with E-state index in [-0.39, 0.29) is 5.91 Å². The van der Waals surface area contributed by atoms with Crippen LogP contribution in [0.2, 0.25) is 5.02 Å². The van der Waals surface area contributed by atoms with Crippen molar-refractivity contribution in [3.63, 3.8) is 0 Å². The average molecular weight is 373 g/mol. The van der Waals surface area contributed by atoms with Crippen LogP contribution in [-0.4, -0.2) is 18.2 Å². The van der Waals surface area contributed by atoms with Crippen molar-refractivity contribution < 1.29 is 9.53 Å². The standard InChI is InChI=1S/C19H17ClN2O2S/c1-11-4-6-14(10-16(11)20)21-19-22-18(23)17(25-19)9-13-5-7-15(24-3)8-12(13)2/h4-10H,1-3H3,(H,21,22,23)/b17-9-. The van der Waals surface area contributed by atoms with Crippen LogP contribution in [-0.2, 0) is 4.79 Å². The molecule has 1 amide bonds. The number of carbonyl (C=O) groups excluding carboxylic acids is 1. The Morgan fingerprint density at radius 3 is 2.64 bits per heavy atom. The zero-order valence-electron chi connectivity index (χ0n) is 14.1. The van der Waals surface area contributed by atoms with Gasteiger partial charge in [-0.2, -0.15) is 0 Å². The van der Waals surface area contributed by atoms with Crippen LogP contribution in [0.25, 0.3) is 6.08 Å². The van der Waals surface area contributed by atoms with E-state index in [0.29, 0.717) is 20.8 Å². The Hall–Kier alpha value is -2.24. The molecule has 1 fully saturated rings. The normalized spacial score (nSPS) is 17.2. The van der Waals surface area contributed by atoms with Gasteiger partial charge in [-0.15, -0.1) is 0 Å². The van der Waals surface area contributed by atoms with E-state index in [1.807, 2.05) is 50.3 Å². The van der Waals surface area contributed by atoms with Crippen LogP contribution in [0.5, 0.6) is 5.75 Å². The number of aryl methyl sites for hydroxylation is 2. The highest BCUT2D eigenvalue weighted by Gasteiger charge is 2.24. The molecule has 1 aliphatic heterocycles. The lowest BCUT2D eigenvalue weighted by molar-refractivity contribution is -0.115. The summed E-state index contributed by atoms with van der Waals surface area (Å²) in [6.45, 7) is 3.92. The molecule has 4 nitrogen and oxygen atoms in total. The number of amides is 1. The first-order valence-corrected chi connectivity index (χ1v) is 8.86. The smallest absolute Gasteiger partial charge is 0.264 e. The molecule has 25 heavy (non-hydrogen) atoms. The van der Waals surface area contributed by atoms with E-state index in [1.54, 1.807) is 13.2 Å². The second-order valence-electron chi connectivity index (χ2n) is 5.64. The summed E-state index contributed by atoms with van der Waals surface area (Å²) >= 11 is 7.43. The number of nitrogens with one attached hydrogen (secondary N) is 1. The Labute approximate surface area is 155 Å². The molecule has 0 saturated carbocycles. The molecule has 6 heteroatoms. The summed E-state index contributed by atoms with van der Waals surface area (Å²) in [5, 5.41) is 3.98. The Morgan fingerprint density at radius 1 is 1.16 bits per heavy atom. The molecule has 0 atom stereocenters. The second kappa shape index (κ2) is 7.33. The molecule has 1 N–H and O–H groups in total. The molecule has 2 aromatic rings. The van der Waals surface area contributed by atoms with E-state index in [9.17, 15) is 4.79 Å². The second-order valence-corrected chi connectivity index (χ2v) is 7.08. The van der Waals surface area contributed by atoms with Gasteiger partial charge in [0.15, 0.2) is 5.17 Å². The maximum absolute atomic E-state index is 12.2. The lowest BCUT2D eigenvalue weighted by Gasteiger charge is -2.04. The molecule has 1 aliphatic rings. The molecule has 0 unspecified atom stereocenters. The number of thioether (sulfide) groups is 1. The van der Waals surface area contributed by atoms with Crippen LogP contribution in [0, 0.1) is 13.8 Å². The summed E-state index contributed by atoms with van der Waals surface area (Å²) in [6, 6.07) is 11.3. The highest BCUT2D eigenvalue weighted by Crippen LogP contribution is 2.30. The molecular weight excluding hydrogens is 356 g/mol. The van der Waals surface area contributed by atoms with Crippen LogP contribution in [0.1, 0.15) is 16.7 Å². The van der Waals surface area contributed by atoms with E-state index in [1.165, 1.54) is 11.8 Å². The highest BCUT2D eigenvalue weighted by molar-refractivity contribution is 8.18. The average Bonchev–Trinajstić information content (AvgIpc) is 2.92. The third-order valence-electron chi connectivity index (χ3n) is 3.80. The van der Waals surface area contributed by atoms with Gasteiger partial charge in [0.2, 0.25) is 0 Å². The number of hydrogen-bond donors (Lipinski definition) is 1. The SMILES string of the molecule is COc1ccc(/C=C2\SC(=Nc3ccc(C)c(Cl)c3)NC2=O)c(C)c1. The molecule has 0 radical (unpaired) electrons. The number of rotatable bonds is 3. The number of amidine groups is 1. The highest BCUT2D eigenvalue weighted by atomic mass is 35.5. The fraction of sp³-hybridized carbons (Fsp3) is 0.158. The number of hydrogen-bond acceptors (Lipinski definition) is 4. The lowest BCUT2D eigenvalue weighted by atomic mass is 10.1. The van der Waals surface area contributed by atoms with E-state index in [2.05, 4.69) is 10.3 Å². The van der Waals surface area contributed by atoms with Crippen LogP contribution in [0.3, 0.4) is 0 Å². The molecular formula is C19H17ClN2O2S. The molecule has 0 aliphatic carbocycles. The lowest BCUT2D eigenvalue weighted by Crippen LogP contribution is -2.19. The van der Waals surface area contributed by atoms with Gasteiger partial charge in [0.25, 0.3) is 5.91 Å². The number of methoxy groups -OCH3 is 1. The molecule has 0 bridgehead atoms. The van der Waals surface area contributed by atoms with Gasteiger partial charge >= 0.3 is 0 Å². The van der Waals surface area contributed by atoms with Gasteiger partial charge in [0, 0.05) is 5.02 Å². The first-order valence-electron chi connectivity index (χ1n) is 7.66. The Morgan fingerprint density at radius 2 is 1.96 bits per heavy atom. The monoisotopic (exact) mass is 372 g/mol.